The Bertz CT molecular complexity index is 1850. The van der Waals surface area contributed by atoms with E-state index >= 15 is 0 Å². The van der Waals surface area contributed by atoms with Crippen LogP contribution < -0.4 is 15.5 Å². The molecule has 3 N–H and O–H groups in total. The number of carbonyl (C=O) groups excluding carboxylic acids is 3. The third kappa shape index (κ3) is 7.99. The Labute approximate surface area is 271 Å². The second kappa shape index (κ2) is 14.4. The molecule has 0 saturated carbocycles. The Morgan fingerprint density at radius 2 is 1.51 bits per heavy atom. The van der Waals surface area contributed by atoms with E-state index in [0.717, 1.165) is 5.56 Å². The zero-order chi connectivity index (χ0) is 33.5. The van der Waals surface area contributed by atoms with E-state index in [4.69, 9.17) is 5.26 Å². The highest BCUT2D eigenvalue weighted by molar-refractivity contribution is 6.07. The predicted octanol–water partition coefficient (Wildman–Crippen LogP) is 5.17. The van der Waals surface area contributed by atoms with Crippen molar-refractivity contribution < 1.29 is 28.7 Å². The maximum absolute atomic E-state index is 13.5. The number of amides is 3. The quantitative estimate of drug-likeness (QED) is 0.231. The Hall–Kier alpha value is -6.02. The lowest BCUT2D eigenvalue weighted by molar-refractivity contribution is -0.137. The molecule has 1 fully saturated rings. The summed E-state index contributed by atoms with van der Waals surface area (Å²) in [6.07, 6.45) is -0.419. The molecule has 4 aromatic carbocycles. The van der Waals surface area contributed by atoms with Crippen LogP contribution in [-0.2, 0) is 4.79 Å². The number of aliphatic carboxylic acids is 1. The first-order valence-electron chi connectivity index (χ1n) is 15.0. The number of carboxylic acid groups (broad SMARTS) is 1. The minimum absolute atomic E-state index is 0.147. The van der Waals surface area contributed by atoms with Crippen molar-refractivity contribution in [1.82, 2.24) is 10.2 Å². The van der Waals surface area contributed by atoms with Crippen LogP contribution in [-0.4, -0.2) is 59.9 Å². The van der Waals surface area contributed by atoms with Crippen LogP contribution >= 0.6 is 0 Å². The molecule has 238 valence electrons. The average Bonchev–Trinajstić information content (AvgIpc) is 3.08. The Morgan fingerprint density at radius 1 is 0.851 bits per heavy atom. The van der Waals surface area contributed by atoms with Gasteiger partial charge in [-0.2, -0.15) is 5.26 Å². The predicted molar refractivity (Wildman–Crippen MR) is 174 cm³/mol. The van der Waals surface area contributed by atoms with Crippen molar-refractivity contribution in [2.24, 2.45) is 0 Å². The molecular formula is C36H32FN5O5. The van der Waals surface area contributed by atoms with Crippen molar-refractivity contribution >= 4 is 35.1 Å². The van der Waals surface area contributed by atoms with E-state index in [1.807, 2.05) is 24.0 Å². The van der Waals surface area contributed by atoms with Crippen molar-refractivity contribution in [1.29, 1.82) is 5.26 Å². The van der Waals surface area contributed by atoms with Crippen LogP contribution in [0, 0.1) is 24.1 Å². The molecule has 10 nitrogen and oxygen atoms in total. The Balaban J connectivity index is 1.38. The fourth-order valence-corrected chi connectivity index (χ4v) is 5.42. The van der Waals surface area contributed by atoms with Gasteiger partial charge in [-0.05, 0) is 79.2 Å². The fraction of sp³-hybridized carbons (Fsp3) is 0.194. The molecule has 1 saturated heterocycles. The van der Waals surface area contributed by atoms with Gasteiger partial charge in [-0.25, -0.2) is 4.39 Å². The van der Waals surface area contributed by atoms with Gasteiger partial charge in [-0.1, -0.05) is 29.8 Å². The van der Waals surface area contributed by atoms with Crippen LogP contribution in [0.15, 0.2) is 91.0 Å². The number of rotatable bonds is 9. The van der Waals surface area contributed by atoms with Crippen molar-refractivity contribution in [3.8, 4) is 6.07 Å². The molecule has 5 rings (SSSR count). The third-order valence-electron chi connectivity index (χ3n) is 7.91. The number of hydrogen-bond acceptors (Lipinski definition) is 6. The van der Waals surface area contributed by atoms with E-state index in [9.17, 15) is 28.7 Å². The van der Waals surface area contributed by atoms with E-state index in [1.165, 1.54) is 30.3 Å². The second-order valence-electron chi connectivity index (χ2n) is 11.2. The van der Waals surface area contributed by atoms with Crippen LogP contribution in [0.1, 0.15) is 60.2 Å². The normalized spacial score (nSPS) is 13.3. The first-order chi connectivity index (χ1) is 22.6. The van der Waals surface area contributed by atoms with Crippen LogP contribution in [0.5, 0.6) is 0 Å². The fourth-order valence-electron chi connectivity index (χ4n) is 5.42. The highest BCUT2D eigenvalue weighted by atomic mass is 19.1. The molecule has 0 spiro atoms. The van der Waals surface area contributed by atoms with Gasteiger partial charge >= 0.3 is 5.97 Å². The van der Waals surface area contributed by atoms with E-state index in [2.05, 4.69) is 10.6 Å². The number of nitriles is 1. The van der Waals surface area contributed by atoms with Gasteiger partial charge in [-0.3, -0.25) is 19.2 Å². The lowest BCUT2D eigenvalue weighted by Crippen LogP contribution is -2.49. The average molecular weight is 634 g/mol. The third-order valence-corrected chi connectivity index (χ3v) is 7.91. The molecule has 0 aromatic heterocycles. The summed E-state index contributed by atoms with van der Waals surface area (Å²) in [5.74, 6) is -2.73. The smallest absolute Gasteiger partial charge is 0.305 e. The van der Waals surface area contributed by atoms with Crippen molar-refractivity contribution in [3.05, 3.63) is 130 Å². The summed E-state index contributed by atoms with van der Waals surface area (Å²) in [4.78, 5) is 55.2. The van der Waals surface area contributed by atoms with Gasteiger partial charge in [0.1, 0.15) is 5.82 Å². The summed E-state index contributed by atoms with van der Waals surface area (Å²) in [7, 11) is 0. The number of nitrogens with one attached hydrogen (secondary N) is 2. The second-order valence-corrected chi connectivity index (χ2v) is 11.2. The highest BCUT2D eigenvalue weighted by Crippen LogP contribution is 2.30. The molecule has 1 atom stereocenters. The summed E-state index contributed by atoms with van der Waals surface area (Å²) in [6, 6.07) is 24.7. The number of nitrogens with zero attached hydrogens (tertiary/aromatic N) is 3. The SMILES string of the molecule is Cc1cccc(C(=O)Nc2cc(C(=O)NC(CC(=O)O)c3ccc(F)cc3)ccc2N2CCN(C(=O)c3ccc(C#N)cc3)CC2)c1. The van der Waals surface area contributed by atoms with E-state index in [-0.39, 0.29) is 17.4 Å². The van der Waals surface area contributed by atoms with Crippen molar-refractivity contribution in [2.75, 3.05) is 36.4 Å². The summed E-state index contributed by atoms with van der Waals surface area (Å²) in [6.45, 7) is 3.58. The van der Waals surface area contributed by atoms with E-state index < -0.39 is 30.2 Å². The minimum Gasteiger partial charge on any atom is -0.481 e. The van der Waals surface area contributed by atoms with Crippen LogP contribution in [0.3, 0.4) is 0 Å². The summed E-state index contributed by atoms with van der Waals surface area (Å²) in [5.41, 5.74) is 3.92. The number of benzene rings is 4. The Morgan fingerprint density at radius 3 is 2.15 bits per heavy atom. The highest BCUT2D eigenvalue weighted by Gasteiger charge is 2.26. The standard InChI is InChI=1S/C36H32FN5O5/c1-23-3-2-4-27(19-23)34(45)40-31-20-28(35(46)39-30(21-33(43)44)25-9-12-29(37)13-10-25)11-14-32(31)41-15-17-42(18-16-41)36(47)26-7-5-24(22-38)6-8-26/h2-14,19-20,30H,15-18,21H2,1H3,(H,39,46)(H,40,45)(H,43,44). The number of halogens is 1. The molecular weight excluding hydrogens is 601 g/mol. The molecule has 0 aliphatic carbocycles. The first-order valence-corrected chi connectivity index (χ1v) is 15.0. The minimum atomic E-state index is -1.14. The van der Waals surface area contributed by atoms with Gasteiger partial charge in [-0.15, -0.1) is 0 Å². The van der Waals surface area contributed by atoms with Gasteiger partial charge in [0.25, 0.3) is 17.7 Å². The lowest BCUT2D eigenvalue weighted by Gasteiger charge is -2.37. The first kappa shape index (κ1) is 32.4. The number of aryl methyl sites for hydroxylation is 1. The molecule has 3 amide bonds. The zero-order valence-electron chi connectivity index (χ0n) is 25.6. The largest absolute Gasteiger partial charge is 0.481 e. The van der Waals surface area contributed by atoms with Gasteiger partial charge in [0.05, 0.1) is 35.5 Å². The summed E-state index contributed by atoms with van der Waals surface area (Å²) in [5, 5.41) is 24.2. The molecule has 1 aliphatic heterocycles. The molecule has 1 aliphatic rings. The maximum atomic E-state index is 13.5. The van der Waals surface area contributed by atoms with Gasteiger partial charge in [0.2, 0.25) is 0 Å². The molecule has 0 radical (unpaired) electrons. The molecule has 1 unspecified atom stereocenters. The Kier molecular flexibility index (Phi) is 9.91. The van der Waals surface area contributed by atoms with Crippen LogP contribution in [0.4, 0.5) is 15.8 Å². The number of anilines is 2. The molecule has 4 aromatic rings. The van der Waals surface area contributed by atoms with Gasteiger partial charge < -0.3 is 25.5 Å². The van der Waals surface area contributed by atoms with E-state index in [0.29, 0.717) is 59.8 Å². The van der Waals surface area contributed by atoms with Crippen LogP contribution in [0.2, 0.25) is 0 Å². The monoisotopic (exact) mass is 633 g/mol. The van der Waals surface area contributed by atoms with Gasteiger partial charge in [0, 0.05) is 42.9 Å². The molecule has 47 heavy (non-hydrogen) atoms. The molecule has 11 heteroatoms. The summed E-state index contributed by atoms with van der Waals surface area (Å²) < 4.78 is 13.5. The van der Waals surface area contributed by atoms with E-state index in [1.54, 1.807) is 59.5 Å². The lowest BCUT2D eigenvalue weighted by atomic mass is 10.0. The van der Waals surface area contributed by atoms with Crippen LogP contribution in [0.25, 0.3) is 0 Å². The number of carbonyl (C=O) groups is 4. The van der Waals surface area contributed by atoms with Gasteiger partial charge in [0.15, 0.2) is 0 Å². The maximum Gasteiger partial charge on any atom is 0.305 e. The van der Waals surface area contributed by atoms with Crippen molar-refractivity contribution in [2.45, 2.75) is 19.4 Å². The topological polar surface area (TPSA) is 143 Å². The van der Waals surface area contributed by atoms with Crippen molar-refractivity contribution in [3.63, 3.8) is 0 Å². The zero-order valence-corrected chi connectivity index (χ0v) is 25.6. The molecule has 0 bridgehead atoms. The molecule has 1 heterocycles. The number of carboxylic acids is 1. The summed E-state index contributed by atoms with van der Waals surface area (Å²) >= 11 is 0. The number of piperazine rings is 1. The number of hydrogen-bond donors (Lipinski definition) is 3.